The van der Waals surface area contributed by atoms with Gasteiger partial charge in [-0.2, -0.15) is 4.31 Å². The zero-order chi connectivity index (χ0) is 15.6. The second kappa shape index (κ2) is 6.36. The largest absolute Gasteiger partial charge is 0.494 e. The molecule has 0 unspecified atom stereocenters. The summed E-state index contributed by atoms with van der Waals surface area (Å²) in [5.41, 5.74) is 1.76. The summed E-state index contributed by atoms with van der Waals surface area (Å²) in [5.74, 6) is 0.659. The van der Waals surface area contributed by atoms with E-state index in [9.17, 15) is 8.42 Å². The van der Waals surface area contributed by atoms with Crippen LogP contribution in [0.4, 0.5) is 0 Å². The Hall–Kier alpha value is -1.07. The molecule has 1 heterocycles. The van der Waals surface area contributed by atoms with Crippen molar-refractivity contribution in [3.8, 4) is 5.75 Å². The van der Waals surface area contributed by atoms with E-state index in [0.717, 1.165) is 30.4 Å². The lowest BCUT2D eigenvalue weighted by atomic mass is 10.1. The molecule has 5 heteroatoms. The van der Waals surface area contributed by atoms with Gasteiger partial charge in [-0.05, 0) is 51.7 Å². The molecule has 21 heavy (non-hydrogen) atoms. The van der Waals surface area contributed by atoms with Gasteiger partial charge < -0.3 is 4.74 Å². The van der Waals surface area contributed by atoms with Gasteiger partial charge in [-0.15, -0.1) is 0 Å². The van der Waals surface area contributed by atoms with E-state index in [-0.39, 0.29) is 6.04 Å². The Morgan fingerprint density at radius 1 is 1.24 bits per heavy atom. The van der Waals surface area contributed by atoms with Crippen LogP contribution in [0.2, 0.25) is 0 Å². The number of nitrogens with zero attached hydrogens (tertiary/aromatic N) is 1. The fourth-order valence-electron chi connectivity index (χ4n) is 2.96. The van der Waals surface area contributed by atoms with Crippen LogP contribution in [0.3, 0.4) is 0 Å². The summed E-state index contributed by atoms with van der Waals surface area (Å²) in [4.78, 5) is 0.380. The fraction of sp³-hybridized carbons (Fsp3) is 0.625. The van der Waals surface area contributed by atoms with Crippen molar-refractivity contribution in [1.29, 1.82) is 0 Å². The number of aryl methyl sites for hydroxylation is 2. The van der Waals surface area contributed by atoms with Gasteiger partial charge in [0.1, 0.15) is 5.75 Å². The van der Waals surface area contributed by atoms with Crippen LogP contribution in [-0.4, -0.2) is 31.9 Å². The smallest absolute Gasteiger partial charge is 0.243 e. The van der Waals surface area contributed by atoms with Crippen LogP contribution in [0.1, 0.15) is 44.2 Å². The molecular weight excluding hydrogens is 286 g/mol. The van der Waals surface area contributed by atoms with Crippen LogP contribution in [0, 0.1) is 13.8 Å². The number of benzene rings is 1. The highest BCUT2D eigenvalue weighted by atomic mass is 32.2. The number of hydrogen-bond acceptors (Lipinski definition) is 3. The van der Waals surface area contributed by atoms with Gasteiger partial charge in [-0.25, -0.2) is 8.42 Å². The van der Waals surface area contributed by atoms with Crippen LogP contribution < -0.4 is 4.74 Å². The fourth-order valence-corrected chi connectivity index (χ4v) is 4.88. The maximum absolute atomic E-state index is 13.0. The van der Waals surface area contributed by atoms with Crippen LogP contribution in [0.25, 0.3) is 0 Å². The summed E-state index contributed by atoms with van der Waals surface area (Å²) in [7, 11) is -3.45. The van der Waals surface area contributed by atoms with Gasteiger partial charge in [0.2, 0.25) is 10.0 Å². The van der Waals surface area contributed by atoms with Gasteiger partial charge in [0.15, 0.2) is 0 Å². The minimum absolute atomic E-state index is 0.0694. The van der Waals surface area contributed by atoms with Crippen LogP contribution in [0.15, 0.2) is 17.0 Å². The summed E-state index contributed by atoms with van der Waals surface area (Å²) in [6, 6.07) is 3.65. The third-order valence-electron chi connectivity index (χ3n) is 4.10. The summed E-state index contributed by atoms with van der Waals surface area (Å²) in [6.45, 7) is 8.83. The van der Waals surface area contributed by atoms with Crippen LogP contribution in [-0.2, 0) is 10.0 Å². The van der Waals surface area contributed by atoms with Gasteiger partial charge in [-0.3, -0.25) is 0 Å². The van der Waals surface area contributed by atoms with Crippen molar-refractivity contribution in [1.82, 2.24) is 4.31 Å². The maximum Gasteiger partial charge on any atom is 0.243 e. The molecule has 1 fully saturated rings. The molecule has 0 spiro atoms. The quantitative estimate of drug-likeness (QED) is 0.857. The molecular formula is C16H25NO3S. The zero-order valence-electron chi connectivity index (χ0n) is 13.3. The summed E-state index contributed by atoms with van der Waals surface area (Å²) < 4.78 is 33.1. The van der Waals surface area contributed by atoms with Crippen molar-refractivity contribution >= 4 is 10.0 Å². The molecule has 1 atom stereocenters. The minimum atomic E-state index is -3.45. The molecule has 118 valence electrons. The zero-order valence-corrected chi connectivity index (χ0v) is 14.2. The molecule has 0 amide bonds. The molecule has 0 radical (unpaired) electrons. The molecule has 1 aliphatic heterocycles. The number of ether oxygens (including phenoxy) is 1. The topological polar surface area (TPSA) is 46.6 Å². The second-order valence-corrected chi connectivity index (χ2v) is 7.64. The van der Waals surface area contributed by atoms with E-state index >= 15 is 0 Å². The third-order valence-corrected chi connectivity index (χ3v) is 6.26. The molecule has 4 nitrogen and oxygen atoms in total. The summed E-state index contributed by atoms with van der Waals surface area (Å²) >= 11 is 0. The monoisotopic (exact) mass is 311 g/mol. The molecule has 2 rings (SSSR count). The minimum Gasteiger partial charge on any atom is -0.494 e. The van der Waals surface area contributed by atoms with E-state index < -0.39 is 10.0 Å². The average molecular weight is 311 g/mol. The van der Waals surface area contributed by atoms with Gasteiger partial charge >= 0.3 is 0 Å². The highest BCUT2D eigenvalue weighted by Gasteiger charge is 2.32. The standard InChI is InChI=1S/C16H25NO3S/c1-5-20-15-11-16(13(3)10-12(15)2)21(18,19)17-9-7-6-8-14(17)4/h10-11,14H,5-9H2,1-4H3/t14-/m1/s1. The Morgan fingerprint density at radius 3 is 2.57 bits per heavy atom. The molecule has 1 aliphatic rings. The van der Waals surface area contributed by atoms with Crippen molar-refractivity contribution in [3.63, 3.8) is 0 Å². The lowest BCUT2D eigenvalue weighted by Crippen LogP contribution is -2.42. The van der Waals surface area contributed by atoms with Crippen molar-refractivity contribution in [3.05, 3.63) is 23.3 Å². The Labute approximate surface area is 128 Å². The van der Waals surface area contributed by atoms with Gasteiger partial charge in [0.05, 0.1) is 11.5 Å². The molecule has 1 saturated heterocycles. The van der Waals surface area contributed by atoms with Crippen molar-refractivity contribution in [2.24, 2.45) is 0 Å². The summed E-state index contributed by atoms with van der Waals surface area (Å²) in [5, 5.41) is 0. The lowest BCUT2D eigenvalue weighted by molar-refractivity contribution is 0.268. The number of rotatable bonds is 4. The average Bonchev–Trinajstić information content (AvgIpc) is 2.42. The van der Waals surface area contributed by atoms with Crippen LogP contribution in [0.5, 0.6) is 5.75 Å². The Morgan fingerprint density at radius 2 is 1.95 bits per heavy atom. The SMILES string of the molecule is CCOc1cc(S(=O)(=O)N2CCCC[C@H]2C)c(C)cc1C. The van der Waals surface area contributed by atoms with Gasteiger partial charge in [0, 0.05) is 18.7 Å². The molecule has 0 aromatic heterocycles. The molecule has 1 aromatic carbocycles. The van der Waals surface area contributed by atoms with E-state index in [2.05, 4.69) is 0 Å². The van der Waals surface area contributed by atoms with E-state index in [1.807, 2.05) is 33.8 Å². The maximum atomic E-state index is 13.0. The summed E-state index contributed by atoms with van der Waals surface area (Å²) in [6.07, 6.45) is 2.97. The molecule has 0 aliphatic carbocycles. The molecule has 0 N–H and O–H groups in total. The molecule has 0 saturated carbocycles. The normalized spacial score (nSPS) is 20.5. The van der Waals surface area contributed by atoms with Crippen molar-refractivity contribution in [2.75, 3.05) is 13.2 Å². The van der Waals surface area contributed by atoms with Gasteiger partial charge in [-0.1, -0.05) is 12.5 Å². The van der Waals surface area contributed by atoms with Crippen molar-refractivity contribution < 1.29 is 13.2 Å². The highest BCUT2D eigenvalue weighted by Crippen LogP contribution is 2.31. The highest BCUT2D eigenvalue weighted by molar-refractivity contribution is 7.89. The number of piperidine rings is 1. The third kappa shape index (κ3) is 3.24. The van der Waals surface area contributed by atoms with E-state index in [1.165, 1.54) is 0 Å². The first kappa shape index (κ1) is 16.3. The van der Waals surface area contributed by atoms with Gasteiger partial charge in [0.25, 0.3) is 0 Å². The molecule has 0 bridgehead atoms. The van der Waals surface area contributed by atoms with E-state index in [0.29, 0.717) is 23.8 Å². The number of sulfonamides is 1. The first-order chi connectivity index (χ1) is 9.87. The second-order valence-electron chi connectivity index (χ2n) is 5.78. The van der Waals surface area contributed by atoms with Crippen molar-refractivity contribution in [2.45, 2.75) is 57.9 Å². The van der Waals surface area contributed by atoms with E-state index in [4.69, 9.17) is 4.74 Å². The van der Waals surface area contributed by atoms with Crippen LogP contribution >= 0.6 is 0 Å². The Kier molecular flexibility index (Phi) is 4.94. The van der Waals surface area contributed by atoms with E-state index in [1.54, 1.807) is 10.4 Å². The first-order valence-electron chi connectivity index (χ1n) is 7.63. The Bertz CT molecular complexity index is 610. The number of hydrogen-bond donors (Lipinski definition) is 0. The predicted molar refractivity (Wildman–Crippen MR) is 84.3 cm³/mol. The lowest BCUT2D eigenvalue weighted by Gasteiger charge is -2.32. The first-order valence-corrected chi connectivity index (χ1v) is 9.07. The molecule has 1 aromatic rings. The Balaban J connectivity index is 2.46. The predicted octanol–water partition coefficient (Wildman–Crippen LogP) is 3.27.